The van der Waals surface area contributed by atoms with Gasteiger partial charge in [0.15, 0.2) is 0 Å². The highest BCUT2D eigenvalue weighted by molar-refractivity contribution is 5.91. The number of carbonyl (C=O) groups is 2. The molecule has 0 unspecified atom stereocenters. The number of hydrogen-bond donors (Lipinski definition) is 1. The molecule has 2 aliphatic heterocycles. The lowest BCUT2D eigenvalue weighted by molar-refractivity contribution is -0.138. The second-order valence-corrected chi connectivity index (χ2v) is 7.82. The van der Waals surface area contributed by atoms with Crippen LogP contribution >= 0.6 is 0 Å². The molecule has 3 heterocycles. The summed E-state index contributed by atoms with van der Waals surface area (Å²) in [5.41, 5.74) is 5.81. The molecule has 0 aliphatic carbocycles. The van der Waals surface area contributed by atoms with Crippen molar-refractivity contribution in [1.29, 1.82) is 0 Å². The molecule has 1 saturated heterocycles. The summed E-state index contributed by atoms with van der Waals surface area (Å²) in [6.45, 7) is 2.52. The summed E-state index contributed by atoms with van der Waals surface area (Å²) in [6.07, 6.45) is 4.39. The SMILES string of the molecule is C[C@H]1C[C@@H](C(=O)N2N=CC[C@H]2c2cc(F)cc(F)c2)CCN1c1cc(C(N)=O)ncn1. The first-order valence-electron chi connectivity index (χ1n) is 10.0. The van der Waals surface area contributed by atoms with Crippen molar-refractivity contribution in [3.63, 3.8) is 0 Å². The summed E-state index contributed by atoms with van der Waals surface area (Å²) in [4.78, 5) is 34.7. The van der Waals surface area contributed by atoms with Crippen molar-refractivity contribution >= 4 is 23.8 Å². The van der Waals surface area contributed by atoms with Gasteiger partial charge in [-0.3, -0.25) is 9.59 Å². The number of primary amides is 1. The van der Waals surface area contributed by atoms with E-state index in [2.05, 4.69) is 15.1 Å². The molecule has 2 aliphatic rings. The van der Waals surface area contributed by atoms with Crippen molar-refractivity contribution in [3.8, 4) is 0 Å². The lowest BCUT2D eigenvalue weighted by Crippen LogP contribution is -2.46. The van der Waals surface area contributed by atoms with Crippen molar-refractivity contribution in [1.82, 2.24) is 15.0 Å². The van der Waals surface area contributed by atoms with Crippen LogP contribution in [0, 0.1) is 17.6 Å². The Morgan fingerprint density at radius 2 is 1.87 bits per heavy atom. The average molecular weight is 428 g/mol. The van der Waals surface area contributed by atoms with Crippen LogP contribution < -0.4 is 10.6 Å². The Kier molecular flexibility index (Phi) is 5.62. The molecule has 0 saturated carbocycles. The fraction of sp³-hybridized carbons (Fsp3) is 0.381. The van der Waals surface area contributed by atoms with Crippen molar-refractivity contribution in [2.45, 2.75) is 38.3 Å². The first kappa shape index (κ1) is 20.8. The number of carbonyl (C=O) groups excluding carboxylic acids is 2. The lowest BCUT2D eigenvalue weighted by Gasteiger charge is -2.39. The Bertz CT molecular complexity index is 1030. The summed E-state index contributed by atoms with van der Waals surface area (Å²) in [7, 11) is 0. The van der Waals surface area contributed by atoms with Crippen LogP contribution in [0.15, 0.2) is 35.7 Å². The summed E-state index contributed by atoms with van der Waals surface area (Å²) in [6, 6.07) is 4.26. The lowest BCUT2D eigenvalue weighted by atomic mass is 9.90. The molecular weight excluding hydrogens is 406 g/mol. The van der Waals surface area contributed by atoms with E-state index in [1.54, 1.807) is 12.3 Å². The van der Waals surface area contributed by atoms with E-state index in [9.17, 15) is 18.4 Å². The van der Waals surface area contributed by atoms with Crippen LogP contribution in [0.25, 0.3) is 0 Å². The standard InChI is InChI=1S/C21H22F2N6O2/c1-12-6-13(3-5-28(12)19-10-17(20(24)30)25-11-26-19)21(31)29-18(2-4-27-29)14-7-15(22)9-16(23)8-14/h4,7-13,18H,2-3,5-6H2,1H3,(H2,24,30)/t12-,13-,18-/m0/s1. The smallest absolute Gasteiger partial charge is 0.267 e. The Hall–Kier alpha value is -3.43. The summed E-state index contributed by atoms with van der Waals surface area (Å²) in [5, 5.41) is 5.53. The number of anilines is 1. The molecule has 0 spiro atoms. The van der Waals surface area contributed by atoms with Crippen LogP contribution in [0.4, 0.5) is 14.6 Å². The van der Waals surface area contributed by atoms with E-state index in [0.717, 1.165) is 6.07 Å². The Labute approximate surface area is 177 Å². The maximum atomic E-state index is 13.7. The van der Waals surface area contributed by atoms with E-state index in [1.807, 2.05) is 11.8 Å². The Balaban J connectivity index is 1.47. The van der Waals surface area contributed by atoms with Crippen molar-refractivity contribution in [3.05, 3.63) is 53.5 Å². The minimum atomic E-state index is -0.684. The monoisotopic (exact) mass is 428 g/mol. The van der Waals surface area contributed by atoms with Gasteiger partial charge in [0.25, 0.3) is 5.91 Å². The number of aromatic nitrogens is 2. The zero-order valence-electron chi connectivity index (χ0n) is 16.9. The van der Waals surface area contributed by atoms with Gasteiger partial charge in [0.05, 0.1) is 6.04 Å². The van der Waals surface area contributed by atoms with Gasteiger partial charge in [-0.25, -0.2) is 23.8 Å². The van der Waals surface area contributed by atoms with Gasteiger partial charge < -0.3 is 10.6 Å². The van der Waals surface area contributed by atoms with Crippen LogP contribution in [0.3, 0.4) is 0 Å². The molecule has 162 valence electrons. The summed E-state index contributed by atoms with van der Waals surface area (Å²) < 4.78 is 27.3. The Morgan fingerprint density at radius 3 is 2.55 bits per heavy atom. The number of benzene rings is 1. The largest absolute Gasteiger partial charge is 0.364 e. The minimum Gasteiger partial charge on any atom is -0.364 e. The molecule has 2 aromatic rings. The maximum absolute atomic E-state index is 13.7. The zero-order chi connectivity index (χ0) is 22.1. The normalized spacial score (nSPS) is 23.3. The molecule has 1 fully saturated rings. The number of hydrogen-bond acceptors (Lipinski definition) is 6. The first-order valence-corrected chi connectivity index (χ1v) is 10.0. The molecule has 2 amide bonds. The molecule has 3 atom stereocenters. The third kappa shape index (κ3) is 4.23. The van der Waals surface area contributed by atoms with E-state index >= 15 is 0 Å². The fourth-order valence-electron chi connectivity index (χ4n) is 4.23. The molecule has 0 radical (unpaired) electrons. The molecule has 31 heavy (non-hydrogen) atoms. The number of nitrogens with zero attached hydrogens (tertiary/aromatic N) is 5. The average Bonchev–Trinajstić information content (AvgIpc) is 3.22. The highest BCUT2D eigenvalue weighted by Crippen LogP contribution is 2.34. The molecule has 1 aromatic heterocycles. The first-order chi connectivity index (χ1) is 14.8. The number of hydrazone groups is 1. The highest BCUT2D eigenvalue weighted by atomic mass is 19.1. The van der Waals surface area contributed by atoms with Crippen LogP contribution in [0.2, 0.25) is 0 Å². The van der Waals surface area contributed by atoms with Gasteiger partial charge in [-0.05, 0) is 37.5 Å². The van der Waals surface area contributed by atoms with E-state index in [0.29, 0.717) is 37.2 Å². The van der Waals surface area contributed by atoms with Crippen LogP contribution in [-0.2, 0) is 4.79 Å². The Morgan fingerprint density at radius 1 is 1.13 bits per heavy atom. The van der Waals surface area contributed by atoms with E-state index in [1.165, 1.54) is 23.5 Å². The molecule has 0 bridgehead atoms. The van der Waals surface area contributed by atoms with Gasteiger partial charge in [0.2, 0.25) is 5.91 Å². The van der Waals surface area contributed by atoms with Crippen molar-refractivity contribution in [2.24, 2.45) is 16.8 Å². The number of halogens is 2. The third-order valence-corrected chi connectivity index (χ3v) is 5.75. The van der Waals surface area contributed by atoms with E-state index in [4.69, 9.17) is 5.73 Å². The summed E-state index contributed by atoms with van der Waals surface area (Å²) in [5.74, 6) is -1.88. The second kappa shape index (κ2) is 8.37. The molecule has 10 heteroatoms. The van der Waals surface area contributed by atoms with Crippen LogP contribution in [-0.4, -0.2) is 45.6 Å². The molecule has 4 rings (SSSR count). The van der Waals surface area contributed by atoms with E-state index in [-0.39, 0.29) is 23.6 Å². The second-order valence-electron chi connectivity index (χ2n) is 7.82. The maximum Gasteiger partial charge on any atom is 0.267 e. The van der Waals surface area contributed by atoms with Gasteiger partial charge >= 0.3 is 0 Å². The molecule has 1 aromatic carbocycles. The van der Waals surface area contributed by atoms with Gasteiger partial charge in [0, 0.05) is 43.3 Å². The van der Waals surface area contributed by atoms with Gasteiger partial charge in [-0.15, -0.1) is 0 Å². The van der Waals surface area contributed by atoms with Crippen molar-refractivity contribution in [2.75, 3.05) is 11.4 Å². The molecule has 2 N–H and O–H groups in total. The van der Waals surface area contributed by atoms with Gasteiger partial charge in [-0.1, -0.05) is 0 Å². The molecule has 8 nitrogen and oxygen atoms in total. The van der Waals surface area contributed by atoms with Crippen molar-refractivity contribution < 1.29 is 18.4 Å². The van der Waals surface area contributed by atoms with Crippen LogP contribution in [0.1, 0.15) is 48.3 Å². The fourth-order valence-corrected chi connectivity index (χ4v) is 4.23. The third-order valence-electron chi connectivity index (χ3n) is 5.75. The van der Waals surface area contributed by atoms with Crippen LogP contribution in [0.5, 0.6) is 0 Å². The number of piperidine rings is 1. The zero-order valence-corrected chi connectivity index (χ0v) is 16.9. The topological polar surface area (TPSA) is 105 Å². The molecular formula is C21H22F2N6O2. The van der Waals surface area contributed by atoms with Gasteiger partial charge in [0.1, 0.15) is 29.5 Å². The minimum absolute atomic E-state index is 0.0324. The highest BCUT2D eigenvalue weighted by Gasteiger charge is 2.37. The summed E-state index contributed by atoms with van der Waals surface area (Å²) >= 11 is 0. The predicted molar refractivity (Wildman–Crippen MR) is 109 cm³/mol. The quantitative estimate of drug-likeness (QED) is 0.805. The number of amides is 2. The van der Waals surface area contributed by atoms with Gasteiger partial charge in [-0.2, -0.15) is 5.10 Å². The van der Waals surface area contributed by atoms with E-state index < -0.39 is 23.6 Å². The number of nitrogens with two attached hydrogens (primary N) is 1. The number of rotatable bonds is 4. The predicted octanol–water partition coefficient (Wildman–Crippen LogP) is 2.42.